The van der Waals surface area contributed by atoms with Crippen LogP contribution in [0.1, 0.15) is 13.3 Å². The highest BCUT2D eigenvalue weighted by Gasteiger charge is 2.26. The third kappa shape index (κ3) is 3.94. The largest absolute Gasteiger partial charge is 0.363 e. The maximum Gasteiger partial charge on any atom is 0.0544 e. The highest BCUT2D eigenvalue weighted by atomic mass is 79.9. The van der Waals surface area contributed by atoms with Crippen LogP contribution in [0.4, 0.5) is 5.69 Å². The third-order valence-corrected chi connectivity index (χ3v) is 4.22. The van der Waals surface area contributed by atoms with Gasteiger partial charge in [0.15, 0.2) is 0 Å². The molecule has 0 saturated carbocycles. The van der Waals surface area contributed by atoms with Crippen molar-refractivity contribution in [2.45, 2.75) is 25.4 Å². The zero-order chi connectivity index (χ0) is 13.8. The van der Waals surface area contributed by atoms with Crippen molar-refractivity contribution in [2.75, 3.05) is 38.6 Å². The van der Waals surface area contributed by atoms with E-state index in [-0.39, 0.29) is 0 Å². The van der Waals surface area contributed by atoms with Gasteiger partial charge >= 0.3 is 0 Å². The summed E-state index contributed by atoms with van der Waals surface area (Å²) in [7, 11) is 4.30. The lowest BCUT2D eigenvalue weighted by atomic mass is 10.1. The van der Waals surface area contributed by atoms with Crippen LogP contribution >= 0.6 is 15.9 Å². The molecule has 0 radical (unpaired) electrons. The number of anilines is 1. The highest BCUT2D eigenvalue weighted by molar-refractivity contribution is 9.10. The third-order valence-electron chi connectivity index (χ3n) is 3.69. The molecule has 0 spiro atoms. The summed E-state index contributed by atoms with van der Waals surface area (Å²) in [4.78, 5) is 4.85. The molecule has 19 heavy (non-hydrogen) atoms. The van der Waals surface area contributed by atoms with Crippen LogP contribution in [0.25, 0.3) is 0 Å². The van der Waals surface area contributed by atoms with E-state index in [1.165, 1.54) is 12.1 Å². The molecule has 1 heterocycles. The molecule has 1 aliphatic heterocycles. The van der Waals surface area contributed by atoms with Gasteiger partial charge in [-0.15, -0.1) is 0 Å². The van der Waals surface area contributed by atoms with Crippen molar-refractivity contribution >= 4 is 21.6 Å². The Morgan fingerprint density at radius 3 is 2.63 bits per heavy atom. The van der Waals surface area contributed by atoms with Gasteiger partial charge in [0.25, 0.3) is 0 Å². The maximum absolute atomic E-state index is 3.57. The van der Waals surface area contributed by atoms with Crippen LogP contribution in [0, 0.1) is 0 Å². The first kappa shape index (κ1) is 14.8. The molecule has 0 bridgehead atoms. The molecule has 1 saturated heterocycles. The molecule has 1 aliphatic rings. The second-order valence-electron chi connectivity index (χ2n) is 5.64. The summed E-state index contributed by atoms with van der Waals surface area (Å²) in [5.74, 6) is 0. The Labute approximate surface area is 125 Å². The van der Waals surface area contributed by atoms with E-state index in [1.807, 2.05) is 0 Å². The van der Waals surface area contributed by atoms with E-state index in [1.54, 1.807) is 0 Å². The van der Waals surface area contributed by atoms with Gasteiger partial charge in [0, 0.05) is 29.3 Å². The second kappa shape index (κ2) is 6.73. The quantitative estimate of drug-likeness (QED) is 0.921. The van der Waals surface area contributed by atoms with Gasteiger partial charge in [0.2, 0.25) is 0 Å². The number of likely N-dealkylation sites (N-methyl/N-ethyl adjacent to an activating group) is 1. The number of hydrogen-bond donors (Lipinski definition) is 1. The first-order valence-electron chi connectivity index (χ1n) is 6.97. The van der Waals surface area contributed by atoms with Crippen molar-refractivity contribution in [3.63, 3.8) is 0 Å². The van der Waals surface area contributed by atoms with Crippen molar-refractivity contribution in [2.24, 2.45) is 0 Å². The zero-order valence-corrected chi connectivity index (χ0v) is 13.7. The van der Waals surface area contributed by atoms with Gasteiger partial charge in [0.1, 0.15) is 0 Å². The molecule has 2 unspecified atom stereocenters. The van der Waals surface area contributed by atoms with Crippen LogP contribution in [0.15, 0.2) is 28.7 Å². The highest BCUT2D eigenvalue weighted by Crippen LogP contribution is 2.25. The molecule has 0 aromatic heterocycles. The number of rotatable bonds is 3. The molecule has 1 aromatic carbocycles. The molecular formula is C15H24BrN3. The van der Waals surface area contributed by atoms with Crippen molar-refractivity contribution in [3.05, 3.63) is 28.7 Å². The maximum atomic E-state index is 3.57. The van der Waals surface area contributed by atoms with Crippen LogP contribution < -0.4 is 10.2 Å². The summed E-state index contributed by atoms with van der Waals surface area (Å²) >= 11 is 3.52. The first-order valence-corrected chi connectivity index (χ1v) is 7.76. The predicted octanol–water partition coefficient (Wildman–Crippen LogP) is 2.57. The van der Waals surface area contributed by atoms with Crippen molar-refractivity contribution < 1.29 is 0 Å². The topological polar surface area (TPSA) is 18.5 Å². The lowest BCUT2D eigenvalue weighted by Gasteiger charge is -2.38. The minimum absolute atomic E-state index is 0.522. The smallest absolute Gasteiger partial charge is 0.0544 e. The van der Waals surface area contributed by atoms with Gasteiger partial charge in [-0.2, -0.15) is 0 Å². The Balaban J connectivity index is 2.25. The Hall–Kier alpha value is -0.580. The summed E-state index contributed by atoms with van der Waals surface area (Å²) < 4.78 is 1.14. The molecular weight excluding hydrogens is 302 g/mol. The Morgan fingerprint density at radius 2 is 2.00 bits per heavy atom. The summed E-state index contributed by atoms with van der Waals surface area (Å²) in [5, 5.41) is 3.57. The molecule has 1 aromatic rings. The average molecular weight is 326 g/mol. The average Bonchev–Trinajstić information content (AvgIpc) is 2.52. The monoisotopic (exact) mass is 325 g/mol. The molecule has 3 nitrogen and oxygen atoms in total. The van der Waals surface area contributed by atoms with Crippen LogP contribution in [0.5, 0.6) is 0 Å². The fraction of sp³-hybridized carbons (Fsp3) is 0.600. The molecule has 106 valence electrons. The standard InChI is InChI=1S/C15H24BrN3/c1-12-8-9-17-10-15(11-18(2)3)19(12)14-6-4-13(16)5-7-14/h4-7,12,15,17H,8-11H2,1-3H3. The fourth-order valence-electron chi connectivity index (χ4n) is 2.83. The van der Waals surface area contributed by atoms with Gasteiger partial charge in [0.05, 0.1) is 6.04 Å². The lowest BCUT2D eigenvalue weighted by Crippen LogP contribution is -2.49. The van der Waals surface area contributed by atoms with Crippen LogP contribution in [0.2, 0.25) is 0 Å². The van der Waals surface area contributed by atoms with Gasteiger partial charge in [-0.05, 0) is 58.3 Å². The number of nitrogens with one attached hydrogen (secondary N) is 1. The minimum Gasteiger partial charge on any atom is -0.363 e. The van der Waals surface area contributed by atoms with E-state index in [0.29, 0.717) is 12.1 Å². The summed E-state index contributed by atoms with van der Waals surface area (Å²) in [6.07, 6.45) is 1.19. The van der Waals surface area contributed by atoms with Crippen LogP contribution in [0.3, 0.4) is 0 Å². The summed E-state index contributed by atoms with van der Waals surface area (Å²) in [6, 6.07) is 9.79. The van der Waals surface area contributed by atoms with E-state index >= 15 is 0 Å². The molecule has 2 atom stereocenters. The lowest BCUT2D eigenvalue weighted by molar-refractivity contribution is 0.354. The molecule has 1 fully saturated rings. The first-order chi connectivity index (χ1) is 9.08. The Morgan fingerprint density at radius 1 is 1.32 bits per heavy atom. The van der Waals surface area contributed by atoms with Crippen molar-refractivity contribution in [1.29, 1.82) is 0 Å². The number of benzene rings is 1. The Kier molecular flexibility index (Phi) is 5.25. The normalized spacial score (nSPS) is 24.6. The molecule has 4 heteroatoms. The molecule has 1 N–H and O–H groups in total. The summed E-state index contributed by atoms with van der Waals surface area (Å²) in [5.41, 5.74) is 1.33. The summed E-state index contributed by atoms with van der Waals surface area (Å²) in [6.45, 7) is 5.57. The van der Waals surface area contributed by atoms with E-state index in [4.69, 9.17) is 0 Å². The van der Waals surface area contributed by atoms with Gasteiger partial charge in [-0.1, -0.05) is 15.9 Å². The SMILES string of the molecule is CC1CCNCC(CN(C)C)N1c1ccc(Br)cc1. The minimum atomic E-state index is 0.522. The van der Waals surface area contributed by atoms with Gasteiger partial charge in [-0.3, -0.25) is 0 Å². The molecule has 0 aliphatic carbocycles. The van der Waals surface area contributed by atoms with Gasteiger partial charge < -0.3 is 15.1 Å². The van der Waals surface area contributed by atoms with Crippen molar-refractivity contribution in [1.82, 2.24) is 10.2 Å². The van der Waals surface area contributed by atoms with Crippen LogP contribution in [-0.4, -0.2) is 50.7 Å². The zero-order valence-electron chi connectivity index (χ0n) is 12.1. The number of hydrogen-bond acceptors (Lipinski definition) is 3. The Bertz CT molecular complexity index is 391. The van der Waals surface area contributed by atoms with E-state index in [0.717, 1.165) is 24.1 Å². The van der Waals surface area contributed by atoms with E-state index < -0.39 is 0 Å². The predicted molar refractivity (Wildman–Crippen MR) is 85.9 cm³/mol. The fourth-order valence-corrected chi connectivity index (χ4v) is 3.09. The number of halogens is 1. The second-order valence-corrected chi connectivity index (χ2v) is 6.56. The molecule has 2 rings (SSSR count). The van der Waals surface area contributed by atoms with Gasteiger partial charge in [-0.25, -0.2) is 0 Å². The van der Waals surface area contributed by atoms with Crippen LogP contribution in [-0.2, 0) is 0 Å². The molecule has 0 amide bonds. The van der Waals surface area contributed by atoms with Crippen molar-refractivity contribution in [3.8, 4) is 0 Å². The van der Waals surface area contributed by atoms with E-state index in [2.05, 4.69) is 76.3 Å². The number of nitrogens with zero attached hydrogens (tertiary/aromatic N) is 2. The van der Waals surface area contributed by atoms with E-state index in [9.17, 15) is 0 Å².